The molecular weight excluding hydrogens is 210 g/mol. The van der Waals surface area contributed by atoms with E-state index in [1.54, 1.807) is 0 Å². The van der Waals surface area contributed by atoms with Crippen LogP contribution in [-0.2, 0) is 6.54 Å². The standard InChI is InChI=1S/C12H16ClNO/c13-12-6-2-1-4-10(12)8-14-7-3-5-11(15)9-14/h1-2,4,6,11,15H,3,5,7-9H2. The van der Waals surface area contributed by atoms with Crippen molar-refractivity contribution in [2.75, 3.05) is 13.1 Å². The molecule has 1 saturated heterocycles. The summed E-state index contributed by atoms with van der Waals surface area (Å²) in [5, 5.41) is 10.4. The van der Waals surface area contributed by atoms with Gasteiger partial charge >= 0.3 is 0 Å². The van der Waals surface area contributed by atoms with Crippen LogP contribution < -0.4 is 0 Å². The molecule has 1 aromatic carbocycles. The fraction of sp³-hybridized carbons (Fsp3) is 0.500. The Bertz CT molecular complexity index is 329. The molecule has 1 atom stereocenters. The summed E-state index contributed by atoms with van der Waals surface area (Å²) >= 11 is 6.09. The molecule has 1 N–H and O–H groups in total. The van der Waals surface area contributed by atoms with Gasteiger partial charge in [0.25, 0.3) is 0 Å². The van der Waals surface area contributed by atoms with Gasteiger partial charge in [-0.05, 0) is 31.0 Å². The molecular formula is C12H16ClNO. The Kier molecular flexibility index (Phi) is 3.62. The first-order chi connectivity index (χ1) is 7.25. The van der Waals surface area contributed by atoms with Gasteiger partial charge in [-0.15, -0.1) is 0 Å². The average Bonchev–Trinajstić information content (AvgIpc) is 2.22. The van der Waals surface area contributed by atoms with Crippen LogP contribution in [0.25, 0.3) is 0 Å². The number of nitrogens with zero attached hydrogens (tertiary/aromatic N) is 1. The molecule has 1 heterocycles. The first kappa shape index (κ1) is 10.9. The van der Waals surface area contributed by atoms with E-state index >= 15 is 0 Å². The van der Waals surface area contributed by atoms with Crippen LogP contribution >= 0.6 is 11.6 Å². The quantitative estimate of drug-likeness (QED) is 0.835. The van der Waals surface area contributed by atoms with Crippen molar-refractivity contribution in [2.24, 2.45) is 0 Å². The van der Waals surface area contributed by atoms with Gasteiger partial charge in [-0.3, -0.25) is 4.90 Å². The van der Waals surface area contributed by atoms with Crippen LogP contribution in [0.15, 0.2) is 24.3 Å². The number of hydrogen-bond acceptors (Lipinski definition) is 2. The molecule has 2 nitrogen and oxygen atoms in total. The van der Waals surface area contributed by atoms with Gasteiger partial charge < -0.3 is 5.11 Å². The Morgan fingerprint density at radius 3 is 2.93 bits per heavy atom. The van der Waals surface area contributed by atoms with Gasteiger partial charge in [-0.1, -0.05) is 29.8 Å². The van der Waals surface area contributed by atoms with Crippen molar-refractivity contribution in [3.63, 3.8) is 0 Å². The summed E-state index contributed by atoms with van der Waals surface area (Å²) in [5.74, 6) is 0. The lowest BCUT2D eigenvalue weighted by molar-refractivity contribution is 0.0668. The SMILES string of the molecule is OC1CCCN(Cc2ccccc2Cl)C1. The second-order valence-electron chi connectivity index (χ2n) is 4.12. The molecule has 1 fully saturated rings. The Morgan fingerprint density at radius 1 is 1.40 bits per heavy atom. The average molecular weight is 226 g/mol. The molecule has 3 heteroatoms. The number of rotatable bonds is 2. The first-order valence-electron chi connectivity index (χ1n) is 5.39. The number of halogens is 1. The van der Waals surface area contributed by atoms with E-state index < -0.39 is 0 Å². The Labute approximate surface area is 95.5 Å². The van der Waals surface area contributed by atoms with Crippen LogP contribution in [0, 0.1) is 0 Å². The smallest absolute Gasteiger partial charge is 0.0667 e. The summed E-state index contributed by atoms with van der Waals surface area (Å²) in [5.41, 5.74) is 1.15. The zero-order chi connectivity index (χ0) is 10.7. The van der Waals surface area contributed by atoms with E-state index in [0.29, 0.717) is 0 Å². The van der Waals surface area contributed by atoms with Crippen LogP contribution in [0.1, 0.15) is 18.4 Å². The lowest BCUT2D eigenvalue weighted by Crippen LogP contribution is -2.37. The fourth-order valence-corrected chi connectivity index (χ4v) is 2.24. The van der Waals surface area contributed by atoms with Crippen LogP contribution in [0.5, 0.6) is 0 Å². The molecule has 0 amide bonds. The summed E-state index contributed by atoms with van der Waals surface area (Å²) < 4.78 is 0. The van der Waals surface area contributed by atoms with Crippen molar-refractivity contribution in [1.82, 2.24) is 4.90 Å². The predicted molar refractivity (Wildman–Crippen MR) is 62.0 cm³/mol. The number of aliphatic hydroxyl groups is 1. The van der Waals surface area contributed by atoms with Crippen LogP contribution in [-0.4, -0.2) is 29.2 Å². The summed E-state index contributed by atoms with van der Waals surface area (Å²) in [4.78, 5) is 2.26. The topological polar surface area (TPSA) is 23.5 Å². The molecule has 1 unspecified atom stereocenters. The molecule has 0 radical (unpaired) electrons. The van der Waals surface area contributed by atoms with Gasteiger partial charge in [0, 0.05) is 18.1 Å². The summed E-state index contributed by atoms with van der Waals surface area (Å²) in [7, 11) is 0. The molecule has 0 saturated carbocycles. The van der Waals surface area contributed by atoms with Gasteiger partial charge in [0.15, 0.2) is 0 Å². The maximum atomic E-state index is 9.55. The number of aliphatic hydroxyl groups excluding tert-OH is 1. The monoisotopic (exact) mass is 225 g/mol. The van der Waals surface area contributed by atoms with Gasteiger partial charge in [-0.25, -0.2) is 0 Å². The number of likely N-dealkylation sites (tertiary alicyclic amines) is 1. The van der Waals surface area contributed by atoms with Crippen LogP contribution in [0.2, 0.25) is 5.02 Å². The highest BCUT2D eigenvalue weighted by Crippen LogP contribution is 2.19. The molecule has 1 aromatic rings. The summed E-state index contributed by atoms with van der Waals surface area (Å²) in [6, 6.07) is 7.90. The van der Waals surface area contributed by atoms with Gasteiger partial charge in [0.05, 0.1) is 6.10 Å². The zero-order valence-corrected chi connectivity index (χ0v) is 9.45. The normalized spacial score (nSPS) is 22.9. The maximum absolute atomic E-state index is 9.55. The molecule has 0 aliphatic carbocycles. The lowest BCUT2D eigenvalue weighted by atomic mass is 10.1. The van der Waals surface area contributed by atoms with Crippen molar-refractivity contribution in [3.05, 3.63) is 34.9 Å². The predicted octanol–water partition coefficient (Wildman–Crippen LogP) is 2.30. The highest BCUT2D eigenvalue weighted by Gasteiger charge is 2.17. The highest BCUT2D eigenvalue weighted by molar-refractivity contribution is 6.31. The van der Waals surface area contributed by atoms with E-state index in [-0.39, 0.29) is 6.10 Å². The fourth-order valence-electron chi connectivity index (χ4n) is 2.04. The summed E-state index contributed by atoms with van der Waals surface area (Å²) in [6.07, 6.45) is 1.84. The third-order valence-electron chi connectivity index (χ3n) is 2.83. The molecule has 1 aliphatic rings. The van der Waals surface area contributed by atoms with Gasteiger partial charge in [0.1, 0.15) is 0 Å². The first-order valence-corrected chi connectivity index (χ1v) is 5.77. The molecule has 2 rings (SSSR count). The third-order valence-corrected chi connectivity index (χ3v) is 3.20. The Balaban J connectivity index is 1.99. The Hall–Kier alpha value is -0.570. The van der Waals surface area contributed by atoms with Gasteiger partial charge in [0.2, 0.25) is 0 Å². The van der Waals surface area contributed by atoms with E-state index in [2.05, 4.69) is 4.90 Å². The molecule has 0 bridgehead atoms. The van der Waals surface area contributed by atoms with Crippen molar-refractivity contribution in [2.45, 2.75) is 25.5 Å². The molecule has 0 spiro atoms. The molecule has 0 aromatic heterocycles. The lowest BCUT2D eigenvalue weighted by Gasteiger charge is -2.30. The maximum Gasteiger partial charge on any atom is 0.0667 e. The highest BCUT2D eigenvalue weighted by atomic mass is 35.5. The minimum Gasteiger partial charge on any atom is -0.392 e. The second kappa shape index (κ2) is 4.97. The van der Waals surface area contributed by atoms with Crippen molar-refractivity contribution in [3.8, 4) is 0 Å². The molecule has 1 aliphatic heterocycles. The number of benzene rings is 1. The molecule has 15 heavy (non-hydrogen) atoms. The third kappa shape index (κ3) is 2.94. The van der Waals surface area contributed by atoms with Crippen molar-refractivity contribution >= 4 is 11.6 Å². The second-order valence-corrected chi connectivity index (χ2v) is 4.53. The van der Waals surface area contributed by atoms with Crippen LogP contribution in [0.4, 0.5) is 0 Å². The molecule has 82 valence electrons. The van der Waals surface area contributed by atoms with Crippen LogP contribution in [0.3, 0.4) is 0 Å². The van der Waals surface area contributed by atoms with Gasteiger partial charge in [-0.2, -0.15) is 0 Å². The van der Waals surface area contributed by atoms with Crippen molar-refractivity contribution < 1.29 is 5.11 Å². The summed E-state index contributed by atoms with van der Waals surface area (Å²) in [6.45, 7) is 2.67. The van der Waals surface area contributed by atoms with E-state index in [1.165, 1.54) is 0 Å². The van der Waals surface area contributed by atoms with E-state index in [9.17, 15) is 5.11 Å². The minimum atomic E-state index is -0.166. The van der Waals surface area contributed by atoms with E-state index in [0.717, 1.165) is 43.1 Å². The largest absolute Gasteiger partial charge is 0.392 e. The Morgan fingerprint density at radius 2 is 2.20 bits per heavy atom. The zero-order valence-electron chi connectivity index (χ0n) is 8.69. The van der Waals surface area contributed by atoms with Crippen molar-refractivity contribution in [1.29, 1.82) is 0 Å². The number of hydrogen-bond donors (Lipinski definition) is 1. The number of β-amino-alcohol motifs (C(OH)–C–C–N with tert-alkyl or cyclic N) is 1. The van der Waals surface area contributed by atoms with E-state index in [4.69, 9.17) is 11.6 Å². The number of piperidine rings is 1. The minimum absolute atomic E-state index is 0.166. The van der Waals surface area contributed by atoms with E-state index in [1.807, 2.05) is 24.3 Å².